The van der Waals surface area contributed by atoms with Gasteiger partial charge < -0.3 is 17.7 Å². The molecular formula is C50H39ClN2OP2RuS. The van der Waals surface area contributed by atoms with Crippen LogP contribution >= 0.6 is 25.5 Å². The Labute approximate surface area is 363 Å². The number of aliphatic hydroxyl groups excluding tert-OH is 1. The summed E-state index contributed by atoms with van der Waals surface area (Å²) in [6.45, 7) is 0. The maximum Gasteiger partial charge on any atom is -0.0134 e. The first-order valence-corrected chi connectivity index (χ1v) is 23.7. The van der Waals surface area contributed by atoms with Gasteiger partial charge in [-0.3, -0.25) is 0 Å². The fourth-order valence-corrected chi connectivity index (χ4v) is 11.0. The molecule has 8 aromatic rings. The van der Waals surface area contributed by atoms with Crippen LogP contribution in [0.15, 0.2) is 245 Å². The molecule has 0 amide bonds. The number of aliphatic imine (C=N–C) groups is 2. The summed E-state index contributed by atoms with van der Waals surface area (Å²) in [4.78, 5) is 9.13. The van der Waals surface area contributed by atoms with Gasteiger partial charge in [0, 0.05) is 11.3 Å². The smallest absolute Gasteiger partial charge is 0.0134 e. The molecule has 1 heterocycles. The van der Waals surface area contributed by atoms with E-state index in [0.29, 0.717) is 16.3 Å². The van der Waals surface area contributed by atoms with Gasteiger partial charge in [0.05, 0.1) is 5.69 Å². The van der Waals surface area contributed by atoms with Gasteiger partial charge in [-0.2, -0.15) is 0 Å². The molecule has 1 aliphatic rings. The molecule has 1 N–H and O–H groups in total. The molecule has 0 atom stereocenters. The standard InChI is InChI=1S/2C18H15P.C14H10N2OS.ClH.Ru/c2*1-4-10-16(11-5-1)19(17-12-6-2-7-13-17)18-14-8-3-9-15-18;17-14-13(9-5-1-2-6-10(9)16-14)15-11-7-3-4-8-12(11)18;;/h2*1-15H;1-8,18H,(H,15,16,17);1H;/q;;;;+2/p-2. The first-order chi connectivity index (χ1) is 28.7. The molecule has 9 rings (SSSR count). The van der Waals surface area contributed by atoms with Crippen molar-refractivity contribution in [3.05, 3.63) is 236 Å². The van der Waals surface area contributed by atoms with E-state index in [9.17, 15) is 5.11 Å². The van der Waals surface area contributed by atoms with Crippen molar-refractivity contribution < 1.29 is 22.4 Å². The van der Waals surface area contributed by atoms with Crippen LogP contribution in [0.5, 0.6) is 0 Å². The molecule has 0 fully saturated rings. The molecule has 0 radical (unpaired) electrons. The van der Waals surface area contributed by atoms with Crippen molar-refractivity contribution >= 4 is 93.0 Å². The van der Waals surface area contributed by atoms with Crippen molar-refractivity contribution in [1.82, 2.24) is 0 Å². The Morgan fingerprint density at radius 2 is 0.707 bits per heavy atom. The van der Waals surface area contributed by atoms with Crippen molar-refractivity contribution in [2.24, 2.45) is 9.98 Å². The number of halogens is 1. The zero-order valence-electron chi connectivity index (χ0n) is 31.3. The van der Waals surface area contributed by atoms with E-state index in [1.54, 1.807) is 0 Å². The van der Waals surface area contributed by atoms with E-state index < -0.39 is 15.8 Å². The SMILES string of the molecule is OC1=Nc2ccccc2C1=Nc1ccccc1[S-].[Cl][Ru+].c1ccc(P(c2ccccc2)c2ccccc2)cc1.c1ccc(P(c2ccccc2)c2ccccc2)cc1. The van der Waals surface area contributed by atoms with Crippen molar-refractivity contribution in [2.45, 2.75) is 4.90 Å². The predicted molar refractivity (Wildman–Crippen MR) is 251 cm³/mol. The molecular weight excluding hydrogens is 875 g/mol. The van der Waals surface area contributed by atoms with E-state index >= 15 is 0 Å². The van der Waals surface area contributed by atoms with Gasteiger partial charge in [-0.05, 0) is 59.8 Å². The molecule has 0 aromatic heterocycles. The van der Waals surface area contributed by atoms with Crippen LogP contribution in [-0.2, 0) is 29.9 Å². The predicted octanol–water partition coefficient (Wildman–Crippen LogP) is 10.9. The molecule has 3 nitrogen and oxygen atoms in total. The molecule has 8 aromatic carbocycles. The molecule has 0 saturated carbocycles. The minimum Gasteiger partial charge on any atom is -0.0622 e. The number of hydrogen-bond acceptors (Lipinski definition) is 3. The quantitative estimate of drug-likeness (QED) is 0.0984. The van der Waals surface area contributed by atoms with Crippen LogP contribution in [0.3, 0.4) is 0 Å². The van der Waals surface area contributed by atoms with Crippen LogP contribution in [0.1, 0.15) is 5.56 Å². The number of aliphatic hydroxyl groups is 1. The average molecular weight is 914 g/mol. The van der Waals surface area contributed by atoms with E-state index in [-0.39, 0.29) is 5.90 Å². The second kappa shape index (κ2) is 22.7. The Morgan fingerprint density at radius 3 is 1.05 bits per heavy atom. The largest absolute Gasteiger partial charge is 0.0622 e. The van der Waals surface area contributed by atoms with Crippen molar-refractivity contribution in [3.63, 3.8) is 0 Å². The molecule has 0 bridgehead atoms. The van der Waals surface area contributed by atoms with Crippen LogP contribution in [0.25, 0.3) is 0 Å². The molecule has 286 valence electrons. The monoisotopic (exact) mass is 914 g/mol. The van der Waals surface area contributed by atoms with Gasteiger partial charge in [-0.15, -0.1) is 4.90 Å². The third kappa shape index (κ3) is 11.5. The summed E-state index contributed by atoms with van der Waals surface area (Å²) in [5, 5.41) is 18.2. The number of rotatable bonds is 7. The zero-order chi connectivity index (χ0) is 40.4. The van der Waals surface area contributed by atoms with Gasteiger partial charge in [0.25, 0.3) is 0 Å². The summed E-state index contributed by atoms with van der Waals surface area (Å²) in [5.41, 5.74) is 2.70. The fraction of sp³-hybridized carbons (Fsp3) is 0. The Balaban J connectivity index is 0.000000144. The fourth-order valence-electron chi connectivity index (χ4n) is 6.20. The Morgan fingerprint density at radius 1 is 0.414 bits per heavy atom. The number of hydrogen-bond donors (Lipinski definition) is 1. The van der Waals surface area contributed by atoms with Crippen molar-refractivity contribution in [2.75, 3.05) is 0 Å². The molecule has 1 aliphatic heterocycles. The minimum atomic E-state index is -0.446. The molecule has 0 aliphatic carbocycles. The van der Waals surface area contributed by atoms with Gasteiger partial charge in [-0.1, -0.05) is 218 Å². The maximum atomic E-state index is 9.85. The molecule has 0 spiro atoms. The van der Waals surface area contributed by atoms with Gasteiger partial charge in [0.1, 0.15) is 5.71 Å². The van der Waals surface area contributed by atoms with Crippen LogP contribution in [0, 0.1) is 0 Å². The first-order valence-electron chi connectivity index (χ1n) is 18.4. The number of benzene rings is 8. The summed E-state index contributed by atoms with van der Waals surface area (Å²) >= 11 is 7.02. The zero-order valence-corrected chi connectivity index (χ0v) is 36.4. The van der Waals surface area contributed by atoms with Gasteiger partial charge in [0.15, 0.2) is 0 Å². The van der Waals surface area contributed by atoms with E-state index in [2.05, 4.69) is 202 Å². The maximum absolute atomic E-state index is 9.85. The van der Waals surface area contributed by atoms with Gasteiger partial charge >= 0.3 is 27.0 Å². The third-order valence-corrected chi connectivity index (χ3v) is 14.0. The van der Waals surface area contributed by atoms with E-state index in [1.165, 1.54) is 31.8 Å². The third-order valence-electron chi connectivity index (χ3n) is 8.78. The molecule has 58 heavy (non-hydrogen) atoms. The second-order valence-electron chi connectivity index (χ2n) is 12.6. The van der Waals surface area contributed by atoms with Gasteiger partial charge in [-0.25, -0.2) is 9.98 Å². The summed E-state index contributed by atoms with van der Waals surface area (Å²) in [7, 11) is 3.68. The van der Waals surface area contributed by atoms with E-state index in [4.69, 9.17) is 12.6 Å². The van der Waals surface area contributed by atoms with Crippen LogP contribution in [-0.4, -0.2) is 16.7 Å². The Bertz CT molecular complexity index is 2190. The molecule has 8 heteroatoms. The summed E-state index contributed by atoms with van der Waals surface area (Å²) in [6, 6.07) is 79.5. The topological polar surface area (TPSA) is 45.0 Å². The second-order valence-corrected chi connectivity index (χ2v) is 17.4. The average Bonchev–Trinajstić information content (AvgIpc) is 3.62. The van der Waals surface area contributed by atoms with E-state index in [1.807, 2.05) is 65.8 Å². The minimum absolute atomic E-state index is 0.0607. The van der Waals surface area contributed by atoms with E-state index in [0.717, 1.165) is 11.3 Å². The Hall–Kier alpha value is -5.11. The Kier molecular flexibility index (Phi) is 16.7. The first kappa shape index (κ1) is 42.5. The molecule has 0 saturated heterocycles. The van der Waals surface area contributed by atoms with Crippen LogP contribution < -0.4 is 31.8 Å². The number of para-hydroxylation sites is 2. The van der Waals surface area contributed by atoms with Crippen LogP contribution in [0.2, 0.25) is 0 Å². The summed E-state index contributed by atoms with van der Waals surface area (Å²) in [6.07, 6.45) is 0. The summed E-state index contributed by atoms with van der Waals surface area (Å²) < 4.78 is 0. The normalized spacial score (nSPS) is 11.9. The number of fused-ring (bicyclic) bond motifs is 1. The van der Waals surface area contributed by atoms with Crippen molar-refractivity contribution in [3.8, 4) is 0 Å². The molecule has 0 unspecified atom stereocenters. The van der Waals surface area contributed by atoms with Crippen molar-refractivity contribution in [1.29, 1.82) is 0 Å². The number of nitrogens with zero attached hydrogens (tertiary/aromatic N) is 2. The summed E-state index contributed by atoms with van der Waals surface area (Å²) in [5.74, 6) is -0.0607. The van der Waals surface area contributed by atoms with Crippen LogP contribution in [0.4, 0.5) is 11.4 Å². The van der Waals surface area contributed by atoms with Gasteiger partial charge in [0.2, 0.25) is 5.90 Å².